The van der Waals surface area contributed by atoms with Gasteiger partial charge in [-0.15, -0.1) is 10.2 Å². The van der Waals surface area contributed by atoms with Gasteiger partial charge in [0.15, 0.2) is 0 Å². The molecule has 25 heavy (non-hydrogen) atoms. The topological polar surface area (TPSA) is 103 Å². The minimum Gasteiger partial charge on any atom is -0.355 e. The number of nitrogens with zero attached hydrogens (tertiary/aromatic N) is 3. The second-order valence-corrected chi connectivity index (χ2v) is 7.07. The molecule has 2 aromatic rings. The van der Waals surface area contributed by atoms with E-state index in [1.165, 1.54) is 12.5 Å². The van der Waals surface area contributed by atoms with E-state index in [-0.39, 0.29) is 22.7 Å². The van der Waals surface area contributed by atoms with Crippen molar-refractivity contribution in [3.63, 3.8) is 0 Å². The lowest BCUT2D eigenvalue weighted by Crippen LogP contribution is -2.36. The summed E-state index contributed by atoms with van der Waals surface area (Å²) in [4.78, 5) is 24.1. The van der Waals surface area contributed by atoms with Gasteiger partial charge >= 0.3 is 0 Å². The summed E-state index contributed by atoms with van der Waals surface area (Å²) in [6, 6.07) is 10.1. The van der Waals surface area contributed by atoms with Crippen LogP contribution >= 0.6 is 11.8 Å². The molecule has 0 aliphatic carbocycles. The van der Waals surface area contributed by atoms with E-state index in [1.807, 2.05) is 18.2 Å². The molecule has 1 amide bonds. The molecule has 2 atom stereocenters. The highest BCUT2D eigenvalue weighted by Crippen LogP contribution is 2.20. The van der Waals surface area contributed by atoms with Crippen molar-refractivity contribution in [1.29, 1.82) is 0 Å². The SMILES string of the molecule is CC[C@H](CNC(=O)[C@H](C)Sc1nnc(C)c(=O)n1N)c1ccccc1. The van der Waals surface area contributed by atoms with Gasteiger partial charge in [-0.05, 0) is 25.8 Å². The number of nitrogens with one attached hydrogen (secondary N) is 1. The number of hydrogen-bond donors (Lipinski definition) is 2. The number of aryl methyl sites for hydroxylation is 1. The first-order valence-corrected chi connectivity index (χ1v) is 9.02. The third kappa shape index (κ3) is 4.82. The molecule has 8 heteroatoms. The van der Waals surface area contributed by atoms with Crippen molar-refractivity contribution in [2.24, 2.45) is 0 Å². The van der Waals surface area contributed by atoms with E-state index in [0.717, 1.165) is 22.9 Å². The van der Waals surface area contributed by atoms with Gasteiger partial charge in [-0.3, -0.25) is 9.59 Å². The zero-order valence-electron chi connectivity index (χ0n) is 14.6. The molecule has 134 valence electrons. The van der Waals surface area contributed by atoms with Crippen LogP contribution in [0.25, 0.3) is 0 Å². The molecule has 0 aliphatic heterocycles. The normalized spacial score (nSPS) is 13.2. The van der Waals surface area contributed by atoms with Gasteiger partial charge in [-0.1, -0.05) is 49.0 Å². The first-order valence-electron chi connectivity index (χ1n) is 8.14. The maximum absolute atomic E-state index is 12.4. The lowest BCUT2D eigenvalue weighted by molar-refractivity contribution is -0.120. The van der Waals surface area contributed by atoms with Crippen LogP contribution in [0.1, 0.15) is 37.4 Å². The standard InChI is InChI=1S/C17H23N5O2S/c1-4-13(14-8-6-5-7-9-14)10-19-15(23)12(3)25-17-21-20-11(2)16(24)22(17)18/h5-9,12-13H,4,10,18H2,1-3H3,(H,19,23)/t12-,13+/m0/s1. The maximum atomic E-state index is 12.4. The van der Waals surface area contributed by atoms with Gasteiger partial charge in [-0.25, -0.2) is 0 Å². The average Bonchev–Trinajstić information content (AvgIpc) is 2.63. The fourth-order valence-electron chi connectivity index (χ4n) is 2.35. The number of nitrogen functional groups attached to an aromatic ring is 1. The number of carbonyl (C=O) groups excluding carboxylic acids is 1. The van der Waals surface area contributed by atoms with Gasteiger partial charge in [-0.2, -0.15) is 4.68 Å². The number of amides is 1. The molecule has 0 unspecified atom stereocenters. The Morgan fingerprint density at radius 2 is 2.00 bits per heavy atom. The zero-order valence-corrected chi connectivity index (χ0v) is 15.4. The predicted octanol–water partition coefficient (Wildman–Crippen LogP) is 1.45. The molecule has 0 bridgehead atoms. The third-order valence-electron chi connectivity index (χ3n) is 3.96. The van der Waals surface area contributed by atoms with Crippen LogP contribution < -0.4 is 16.7 Å². The largest absolute Gasteiger partial charge is 0.355 e. The van der Waals surface area contributed by atoms with E-state index >= 15 is 0 Å². The van der Waals surface area contributed by atoms with E-state index in [0.29, 0.717) is 6.54 Å². The van der Waals surface area contributed by atoms with Crippen molar-refractivity contribution >= 4 is 17.7 Å². The number of hydrogen-bond acceptors (Lipinski definition) is 6. The molecule has 0 fully saturated rings. The number of rotatable bonds is 7. The molecule has 0 saturated heterocycles. The molecule has 1 aromatic heterocycles. The monoisotopic (exact) mass is 361 g/mol. The molecular weight excluding hydrogens is 338 g/mol. The lowest BCUT2D eigenvalue weighted by Gasteiger charge is -2.18. The molecule has 0 radical (unpaired) electrons. The highest BCUT2D eigenvalue weighted by Gasteiger charge is 2.19. The van der Waals surface area contributed by atoms with Crippen molar-refractivity contribution < 1.29 is 4.79 Å². The van der Waals surface area contributed by atoms with Crippen molar-refractivity contribution in [3.05, 3.63) is 51.9 Å². The summed E-state index contributed by atoms with van der Waals surface area (Å²) in [5.74, 6) is 5.83. The Morgan fingerprint density at radius 3 is 2.64 bits per heavy atom. The first kappa shape index (κ1) is 19.0. The quantitative estimate of drug-likeness (QED) is 0.571. The van der Waals surface area contributed by atoms with Crippen LogP contribution in [-0.2, 0) is 4.79 Å². The van der Waals surface area contributed by atoms with Crippen LogP contribution in [0.15, 0.2) is 40.3 Å². The summed E-state index contributed by atoms with van der Waals surface area (Å²) in [5.41, 5.74) is 1.00. The Balaban J connectivity index is 1.96. The van der Waals surface area contributed by atoms with Crippen molar-refractivity contribution in [2.75, 3.05) is 12.4 Å². The van der Waals surface area contributed by atoms with Crippen LogP contribution in [-0.4, -0.2) is 32.6 Å². The number of thioether (sulfide) groups is 1. The summed E-state index contributed by atoms with van der Waals surface area (Å²) in [7, 11) is 0. The van der Waals surface area contributed by atoms with Crippen LogP contribution in [0.4, 0.5) is 0 Å². The maximum Gasteiger partial charge on any atom is 0.294 e. The minimum atomic E-state index is -0.445. The van der Waals surface area contributed by atoms with Gasteiger partial charge in [0.05, 0.1) is 5.25 Å². The molecular formula is C17H23N5O2S. The smallest absolute Gasteiger partial charge is 0.294 e. The Labute approximate surface area is 151 Å². The molecule has 1 aromatic carbocycles. The second kappa shape index (κ2) is 8.66. The summed E-state index contributed by atoms with van der Waals surface area (Å²) in [6.07, 6.45) is 0.928. The minimum absolute atomic E-state index is 0.130. The zero-order chi connectivity index (χ0) is 18.4. The summed E-state index contributed by atoms with van der Waals surface area (Å²) < 4.78 is 0.926. The lowest BCUT2D eigenvalue weighted by atomic mass is 9.96. The summed E-state index contributed by atoms with van der Waals surface area (Å²) in [6.45, 7) is 5.93. The van der Waals surface area contributed by atoms with Gasteiger partial charge in [0.1, 0.15) is 5.69 Å². The third-order valence-corrected chi connectivity index (χ3v) is 5.01. The Hall–Kier alpha value is -2.35. The summed E-state index contributed by atoms with van der Waals surface area (Å²) in [5, 5.41) is 10.4. The van der Waals surface area contributed by atoms with E-state index in [2.05, 4.69) is 34.6 Å². The first-order chi connectivity index (χ1) is 11.9. The second-order valence-electron chi connectivity index (χ2n) is 5.76. The van der Waals surface area contributed by atoms with Crippen LogP contribution in [0.5, 0.6) is 0 Å². The molecule has 0 saturated carbocycles. The van der Waals surface area contributed by atoms with E-state index < -0.39 is 10.8 Å². The molecule has 7 nitrogen and oxygen atoms in total. The number of carbonyl (C=O) groups is 1. The van der Waals surface area contributed by atoms with Crippen molar-refractivity contribution in [1.82, 2.24) is 20.2 Å². The fourth-order valence-corrected chi connectivity index (χ4v) is 3.14. The molecule has 2 rings (SSSR count). The van der Waals surface area contributed by atoms with Gasteiger partial charge < -0.3 is 11.2 Å². The molecule has 0 aliphatic rings. The van der Waals surface area contributed by atoms with Crippen LogP contribution in [0.2, 0.25) is 0 Å². The van der Waals surface area contributed by atoms with Crippen LogP contribution in [0, 0.1) is 6.92 Å². The van der Waals surface area contributed by atoms with Crippen molar-refractivity contribution in [2.45, 2.75) is 43.5 Å². The van der Waals surface area contributed by atoms with Gasteiger partial charge in [0.2, 0.25) is 11.1 Å². The Morgan fingerprint density at radius 1 is 1.32 bits per heavy atom. The highest BCUT2D eigenvalue weighted by molar-refractivity contribution is 8.00. The van der Waals surface area contributed by atoms with Crippen molar-refractivity contribution in [3.8, 4) is 0 Å². The Kier molecular flexibility index (Phi) is 6.58. The van der Waals surface area contributed by atoms with E-state index in [1.54, 1.807) is 6.92 Å². The average molecular weight is 361 g/mol. The predicted molar refractivity (Wildman–Crippen MR) is 99.0 cm³/mol. The number of aromatic nitrogens is 3. The fraction of sp³-hybridized carbons (Fsp3) is 0.412. The van der Waals surface area contributed by atoms with Crippen LogP contribution in [0.3, 0.4) is 0 Å². The van der Waals surface area contributed by atoms with E-state index in [9.17, 15) is 9.59 Å². The summed E-state index contributed by atoms with van der Waals surface area (Å²) >= 11 is 1.11. The van der Waals surface area contributed by atoms with E-state index in [4.69, 9.17) is 5.84 Å². The number of benzene rings is 1. The molecule has 1 heterocycles. The van der Waals surface area contributed by atoms with Gasteiger partial charge in [0, 0.05) is 12.5 Å². The molecule has 3 N–H and O–H groups in total. The Bertz CT molecular complexity index is 778. The van der Waals surface area contributed by atoms with Gasteiger partial charge in [0.25, 0.3) is 5.56 Å². The highest BCUT2D eigenvalue weighted by atomic mass is 32.2. The number of nitrogens with two attached hydrogens (primary N) is 1. The molecule has 0 spiro atoms.